The minimum absolute atomic E-state index is 0.0000610. The predicted octanol–water partition coefficient (Wildman–Crippen LogP) is 5.65. The number of ether oxygens (including phenoxy) is 1. The van der Waals surface area contributed by atoms with Crippen LogP contribution in [0.4, 0.5) is 14.6 Å². The van der Waals surface area contributed by atoms with E-state index < -0.39 is 17.4 Å². The molecular weight excluding hydrogens is 536 g/mol. The zero-order valence-corrected chi connectivity index (χ0v) is 22.7. The highest BCUT2D eigenvalue weighted by atomic mass is 35.5. The summed E-state index contributed by atoms with van der Waals surface area (Å²) in [6, 6.07) is 11.9. The molecule has 2 N–H and O–H groups in total. The maximum atomic E-state index is 16.4. The van der Waals surface area contributed by atoms with E-state index in [0.29, 0.717) is 48.7 Å². The van der Waals surface area contributed by atoms with E-state index in [0.717, 1.165) is 37.4 Å². The van der Waals surface area contributed by atoms with Crippen molar-refractivity contribution < 1.29 is 18.6 Å². The van der Waals surface area contributed by atoms with Gasteiger partial charge in [0.1, 0.15) is 28.7 Å². The molecule has 0 amide bonds. The van der Waals surface area contributed by atoms with Gasteiger partial charge in [-0.15, -0.1) is 0 Å². The first-order valence-corrected chi connectivity index (χ1v) is 13.9. The number of likely N-dealkylation sites (N-methyl/N-ethyl adjacent to an activating group) is 1. The molecule has 2 bridgehead atoms. The molecule has 7 rings (SSSR count). The van der Waals surface area contributed by atoms with Gasteiger partial charge in [-0.2, -0.15) is 9.97 Å². The number of benzene rings is 3. The van der Waals surface area contributed by atoms with Crippen molar-refractivity contribution in [1.82, 2.24) is 20.2 Å². The van der Waals surface area contributed by atoms with Gasteiger partial charge in [0.05, 0.1) is 10.6 Å². The quantitative estimate of drug-likeness (QED) is 0.332. The van der Waals surface area contributed by atoms with Crippen LogP contribution in [0.25, 0.3) is 22.0 Å². The summed E-state index contributed by atoms with van der Waals surface area (Å²) < 4.78 is 37.5. The number of nitrogens with zero attached hydrogens (tertiary/aromatic N) is 4. The molecule has 0 radical (unpaired) electrons. The lowest BCUT2D eigenvalue weighted by atomic mass is 9.99. The van der Waals surface area contributed by atoms with Gasteiger partial charge >= 0.3 is 6.01 Å². The highest BCUT2D eigenvalue weighted by Gasteiger charge is 2.34. The first-order chi connectivity index (χ1) is 19.4. The molecule has 7 nitrogen and oxygen atoms in total. The third kappa shape index (κ3) is 4.33. The molecule has 4 aromatic rings. The first kappa shape index (κ1) is 25.4. The summed E-state index contributed by atoms with van der Waals surface area (Å²) in [7, 11) is 2.06. The fraction of sp³-hybridized carbons (Fsp3) is 0.333. The number of halogens is 3. The van der Waals surface area contributed by atoms with E-state index in [-0.39, 0.29) is 27.7 Å². The Balaban J connectivity index is 1.41. The Morgan fingerprint density at radius 3 is 2.60 bits per heavy atom. The van der Waals surface area contributed by atoms with Crippen molar-refractivity contribution >= 4 is 28.3 Å². The Kier molecular flexibility index (Phi) is 6.25. The maximum absolute atomic E-state index is 16.4. The molecule has 3 aliphatic heterocycles. The topological polar surface area (TPSA) is 73.8 Å². The molecule has 4 heterocycles. The van der Waals surface area contributed by atoms with E-state index in [1.165, 1.54) is 17.7 Å². The SMILES string of the molecule is CN1CCc2cccc(Oc3nc(N4C[C@H]5CC[C@@H](C4)N5)c4cc(Cl)c(-c5c(O)cccc5F)c(F)c4n3)c2C1. The molecule has 1 aromatic heterocycles. The van der Waals surface area contributed by atoms with E-state index in [1.54, 1.807) is 6.07 Å². The van der Waals surface area contributed by atoms with Crippen LogP contribution in [0.3, 0.4) is 0 Å². The van der Waals surface area contributed by atoms with Crippen LogP contribution in [-0.2, 0) is 13.0 Å². The molecular formula is C30H28ClF2N5O2. The van der Waals surface area contributed by atoms with Gasteiger partial charge in [-0.1, -0.05) is 29.8 Å². The summed E-state index contributed by atoms with van der Waals surface area (Å²) in [5, 5.41) is 14.4. The van der Waals surface area contributed by atoms with Crippen molar-refractivity contribution in [1.29, 1.82) is 0 Å². The Morgan fingerprint density at radius 2 is 1.82 bits per heavy atom. The zero-order valence-electron chi connectivity index (χ0n) is 21.9. The first-order valence-electron chi connectivity index (χ1n) is 13.5. The third-order valence-corrected chi connectivity index (χ3v) is 8.52. The van der Waals surface area contributed by atoms with Gasteiger partial charge in [0.2, 0.25) is 0 Å². The summed E-state index contributed by atoms with van der Waals surface area (Å²) in [6.45, 7) is 3.06. The molecule has 40 heavy (non-hydrogen) atoms. The average molecular weight is 564 g/mol. The van der Waals surface area contributed by atoms with Crippen LogP contribution < -0.4 is 15.0 Å². The van der Waals surface area contributed by atoms with Crippen molar-refractivity contribution in [2.24, 2.45) is 0 Å². The molecule has 3 aromatic carbocycles. The van der Waals surface area contributed by atoms with Gasteiger partial charge in [0.15, 0.2) is 5.82 Å². The van der Waals surface area contributed by atoms with Gasteiger partial charge in [0, 0.05) is 54.8 Å². The Morgan fingerprint density at radius 1 is 1.05 bits per heavy atom. The molecule has 3 aliphatic rings. The van der Waals surface area contributed by atoms with Gasteiger partial charge in [-0.05, 0) is 56.1 Å². The lowest BCUT2D eigenvalue weighted by Crippen LogP contribution is -2.51. The van der Waals surface area contributed by atoms with Crippen LogP contribution in [0, 0.1) is 11.6 Å². The number of aromatic nitrogens is 2. The smallest absolute Gasteiger partial charge is 0.324 e. The van der Waals surface area contributed by atoms with Crippen molar-refractivity contribution in [2.75, 3.05) is 31.6 Å². The maximum Gasteiger partial charge on any atom is 0.324 e. The number of phenolic OH excluding ortho intramolecular Hbond substituents is 1. The monoisotopic (exact) mass is 563 g/mol. The molecule has 0 spiro atoms. The zero-order chi connectivity index (χ0) is 27.5. The summed E-state index contributed by atoms with van der Waals surface area (Å²) in [4.78, 5) is 13.7. The van der Waals surface area contributed by atoms with E-state index >= 15 is 4.39 Å². The van der Waals surface area contributed by atoms with Crippen LogP contribution in [0.2, 0.25) is 5.02 Å². The van der Waals surface area contributed by atoms with Gasteiger partial charge in [-0.25, -0.2) is 8.78 Å². The summed E-state index contributed by atoms with van der Waals surface area (Å²) in [5.41, 5.74) is 1.64. The van der Waals surface area contributed by atoms with Crippen molar-refractivity contribution in [3.8, 4) is 28.6 Å². The summed E-state index contributed by atoms with van der Waals surface area (Å²) >= 11 is 6.59. The number of hydrogen-bond acceptors (Lipinski definition) is 7. The average Bonchev–Trinajstić information content (AvgIpc) is 3.27. The van der Waals surface area contributed by atoms with Crippen LogP contribution in [0.1, 0.15) is 24.0 Å². The second-order valence-electron chi connectivity index (χ2n) is 10.9. The number of hydrogen-bond donors (Lipinski definition) is 2. The van der Waals surface area contributed by atoms with Gasteiger partial charge < -0.3 is 25.0 Å². The molecule has 2 saturated heterocycles. The van der Waals surface area contributed by atoms with Crippen LogP contribution in [-0.4, -0.2) is 58.7 Å². The number of phenols is 1. The lowest BCUT2D eigenvalue weighted by Gasteiger charge is -2.34. The second kappa shape index (κ2) is 9.83. The Hall–Kier alpha value is -3.53. The summed E-state index contributed by atoms with van der Waals surface area (Å²) in [6.07, 6.45) is 3.02. The molecule has 0 unspecified atom stereocenters. The van der Waals surface area contributed by atoms with E-state index in [4.69, 9.17) is 21.3 Å². The Labute approximate surface area is 235 Å². The third-order valence-electron chi connectivity index (χ3n) is 8.22. The normalized spacial score (nSPS) is 20.6. The number of fused-ring (bicyclic) bond motifs is 4. The minimum atomic E-state index is -0.843. The minimum Gasteiger partial charge on any atom is -0.507 e. The largest absolute Gasteiger partial charge is 0.507 e. The van der Waals surface area contributed by atoms with Crippen LogP contribution >= 0.6 is 11.6 Å². The molecule has 2 atom stereocenters. The van der Waals surface area contributed by atoms with Crippen LogP contribution in [0.5, 0.6) is 17.5 Å². The summed E-state index contributed by atoms with van der Waals surface area (Å²) in [5.74, 6) is -0.903. The van der Waals surface area contributed by atoms with E-state index in [1.807, 2.05) is 12.1 Å². The Bertz CT molecular complexity index is 1620. The molecule has 0 aliphatic carbocycles. The van der Waals surface area contributed by atoms with Crippen molar-refractivity contribution in [2.45, 2.75) is 37.9 Å². The highest BCUT2D eigenvalue weighted by molar-refractivity contribution is 6.34. The van der Waals surface area contributed by atoms with Crippen molar-refractivity contribution in [3.05, 3.63) is 70.2 Å². The standard InChI is InChI=1S/C30H28ClF2N5O2/c1-37-11-10-16-4-2-7-24(20(16)15-37)40-30-35-28-19(29(36-30)38-13-17-8-9-18(14-38)34-17)12-21(31)25(27(28)33)26-22(32)5-3-6-23(26)39/h2-7,12,17-18,34,39H,8-11,13-15H2,1H3/t17-,18+. The molecule has 0 saturated carbocycles. The fourth-order valence-corrected chi connectivity index (χ4v) is 6.57. The molecule has 10 heteroatoms. The fourth-order valence-electron chi connectivity index (χ4n) is 6.28. The van der Waals surface area contributed by atoms with Crippen LogP contribution in [0.15, 0.2) is 42.5 Å². The van der Waals surface area contributed by atoms with Crippen molar-refractivity contribution in [3.63, 3.8) is 0 Å². The molecule has 206 valence electrons. The molecule has 2 fully saturated rings. The predicted molar refractivity (Wildman–Crippen MR) is 150 cm³/mol. The number of nitrogens with one attached hydrogen (secondary N) is 1. The number of piperazine rings is 1. The van der Waals surface area contributed by atoms with E-state index in [9.17, 15) is 9.50 Å². The number of aromatic hydroxyl groups is 1. The van der Waals surface area contributed by atoms with E-state index in [2.05, 4.69) is 33.2 Å². The second-order valence-corrected chi connectivity index (χ2v) is 11.3. The van der Waals surface area contributed by atoms with Gasteiger partial charge in [-0.3, -0.25) is 0 Å². The number of anilines is 1. The van der Waals surface area contributed by atoms with Gasteiger partial charge in [0.25, 0.3) is 0 Å². The highest BCUT2D eigenvalue weighted by Crippen LogP contribution is 2.43. The number of rotatable bonds is 4. The lowest BCUT2D eigenvalue weighted by molar-refractivity contribution is 0.304.